The highest BCUT2D eigenvalue weighted by molar-refractivity contribution is 7.22. The van der Waals surface area contributed by atoms with E-state index in [0.29, 0.717) is 48.4 Å². The Hall–Kier alpha value is -5.54. The smallest absolute Gasteiger partial charge is 0.420 e. The molecule has 61 heavy (non-hydrogen) atoms. The number of pyridine rings is 1. The highest BCUT2D eigenvalue weighted by Gasteiger charge is 2.39. The minimum Gasteiger partial charge on any atom is -0.493 e. The third kappa shape index (κ3) is 10.7. The molecule has 2 aliphatic rings. The second-order valence-electron chi connectivity index (χ2n) is 16.3. The average Bonchev–Trinajstić information content (AvgIpc) is 3.63. The van der Waals surface area contributed by atoms with Crippen LogP contribution in [0, 0.1) is 5.92 Å². The van der Waals surface area contributed by atoms with Gasteiger partial charge in [0.15, 0.2) is 10.8 Å². The number of hydrogen-bond acceptors (Lipinski definition) is 11. The van der Waals surface area contributed by atoms with Crippen LogP contribution in [-0.4, -0.2) is 77.7 Å². The highest BCUT2D eigenvalue weighted by atomic mass is 32.1. The Morgan fingerprint density at radius 3 is 2.41 bits per heavy atom. The van der Waals surface area contributed by atoms with Crippen molar-refractivity contribution in [3.63, 3.8) is 0 Å². The zero-order valence-electron chi connectivity index (χ0n) is 34.8. The van der Waals surface area contributed by atoms with Gasteiger partial charge in [0.25, 0.3) is 5.91 Å². The van der Waals surface area contributed by atoms with E-state index in [9.17, 15) is 14.4 Å². The van der Waals surface area contributed by atoms with Crippen LogP contribution in [0.4, 0.5) is 24.1 Å². The highest BCUT2D eigenvalue weighted by Crippen LogP contribution is 2.44. The van der Waals surface area contributed by atoms with Gasteiger partial charge in [-0.15, -0.1) is 0 Å². The predicted molar refractivity (Wildman–Crippen MR) is 229 cm³/mol. The summed E-state index contributed by atoms with van der Waals surface area (Å²) < 4.78 is 62.8. The van der Waals surface area contributed by atoms with Gasteiger partial charge in [-0.2, -0.15) is 13.2 Å². The van der Waals surface area contributed by atoms with E-state index in [-0.39, 0.29) is 54.1 Å². The van der Waals surface area contributed by atoms with Crippen molar-refractivity contribution in [1.29, 1.82) is 0 Å². The molecule has 0 aliphatic carbocycles. The number of piperidine rings is 1. The number of benzene rings is 3. The first kappa shape index (κ1) is 43.5. The molecule has 0 spiro atoms. The molecule has 2 aliphatic heterocycles. The van der Waals surface area contributed by atoms with E-state index in [1.54, 1.807) is 39.8 Å². The van der Waals surface area contributed by atoms with E-state index >= 15 is 13.2 Å². The summed E-state index contributed by atoms with van der Waals surface area (Å²) in [6.45, 7) is 9.75. The second kappa shape index (κ2) is 18.6. The molecule has 1 saturated heterocycles. The number of carbonyl (C=O) groups is 3. The average molecular weight is 858 g/mol. The number of rotatable bonds is 13. The molecule has 5 aromatic rings. The van der Waals surface area contributed by atoms with Crippen molar-refractivity contribution in [2.75, 3.05) is 49.6 Å². The first-order valence-corrected chi connectivity index (χ1v) is 21.5. The quantitative estimate of drug-likeness (QED) is 0.0905. The molecule has 1 N–H and O–H groups in total. The number of carbonyl (C=O) groups excluding carboxylic acids is 3. The molecular formula is C46H50F3N5O6S. The number of nitrogens with zero attached hydrogens (tertiary/aromatic N) is 4. The summed E-state index contributed by atoms with van der Waals surface area (Å²) in [5, 5.41) is 3.42. The lowest BCUT2D eigenvalue weighted by Crippen LogP contribution is -2.38. The molecule has 3 aromatic carbocycles. The lowest BCUT2D eigenvalue weighted by Gasteiger charge is -2.31. The van der Waals surface area contributed by atoms with Crippen LogP contribution in [0.2, 0.25) is 0 Å². The second-order valence-corrected chi connectivity index (χ2v) is 17.3. The van der Waals surface area contributed by atoms with Crippen LogP contribution >= 0.6 is 11.3 Å². The van der Waals surface area contributed by atoms with Crippen LogP contribution in [0.3, 0.4) is 0 Å². The molecular weight excluding hydrogens is 808 g/mol. The van der Waals surface area contributed by atoms with E-state index in [0.717, 1.165) is 53.7 Å². The Bertz CT molecular complexity index is 2350. The Labute approximate surface area is 357 Å². The molecule has 1 amide bonds. The largest absolute Gasteiger partial charge is 0.493 e. The number of alkyl halides is 3. The van der Waals surface area contributed by atoms with Crippen LogP contribution in [0.15, 0.2) is 72.8 Å². The van der Waals surface area contributed by atoms with E-state index in [1.165, 1.54) is 35.6 Å². The number of nitrogens with one attached hydrogen (secondary N) is 1. The van der Waals surface area contributed by atoms with Gasteiger partial charge in [0.05, 0.1) is 30.0 Å². The Morgan fingerprint density at radius 1 is 0.902 bits per heavy atom. The molecule has 7 rings (SSSR count). The maximum Gasteiger partial charge on any atom is 0.420 e. The summed E-state index contributed by atoms with van der Waals surface area (Å²) in [7, 11) is 0. The van der Waals surface area contributed by atoms with Crippen molar-refractivity contribution in [2.24, 2.45) is 5.92 Å². The van der Waals surface area contributed by atoms with Gasteiger partial charge < -0.3 is 19.1 Å². The molecule has 0 saturated carbocycles. The maximum absolute atomic E-state index is 15.1. The van der Waals surface area contributed by atoms with E-state index in [2.05, 4.69) is 15.2 Å². The lowest BCUT2D eigenvalue weighted by molar-refractivity contribution is -0.144. The van der Waals surface area contributed by atoms with E-state index in [1.807, 2.05) is 41.3 Å². The number of thiazole rings is 1. The molecule has 0 unspecified atom stereocenters. The number of aromatic nitrogens is 2. The Kier molecular flexibility index (Phi) is 13.3. The topological polar surface area (TPSA) is 123 Å². The van der Waals surface area contributed by atoms with Gasteiger partial charge in [-0.3, -0.25) is 19.8 Å². The van der Waals surface area contributed by atoms with Crippen molar-refractivity contribution in [2.45, 2.75) is 78.1 Å². The third-order valence-corrected chi connectivity index (χ3v) is 11.8. The first-order chi connectivity index (χ1) is 29.2. The van der Waals surface area contributed by atoms with Crippen LogP contribution in [0.1, 0.15) is 90.9 Å². The van der Waals surface area contributed by atoms with Gasteiger partial charge >= 0.3 is 18.1 Å². The van der Waals surface area contributed by atoms with Gasteiger partial charge in [0.2, 0.25) is 0 Å². The molecule has 1 fully saturated rings. The first-order valence-electron chi connectivity index (χ1n) is 20.6. The Morgan fingerprint density at radius 2 is 1.67 bits per heavy atom. The predicted octanol–water partition coefficient (Wildman–Crippen LogP) is 9.58. The fraction of sp³-hybridized carbons (Fsp3) is 0.413. The molecule has 0 radical (unpaired) electrons. The van der Waals surface area contributed by atoms with Gasteiger partial charge in [0.1, 0.15) is 22.7 Å². The SMILES string of the molecule is CCOC(=O)CN1CCC(CCCOc2cccc(-c3ccc(N4CCc5cccc(C(=O)Nc6nc7ccccc7s6)c5C4)nc3C(=O)OC(C)(C)C)c2C(F)(F)F)CC1. The number of fused-ring (bicyclic) bond motifs is 2. The van der Waals surface area contributed by atoms with E-state index < -0.39 is 23.3 Å². The van der Waals surface area contributed by atoms with Crippen molar-refractivity contribution in [3.8, 4) is 16.9 Å². The monoisotopic (exact) mass is 857 g/mol. The van der Waals surface area contributed by atoms with Crippen LogP contribution in [0.5, 0.6) is 5.75 Å². The number of amides is 1. The van der Waals surface area contributed by atoms with Crippen molar-refractivity contribution >= 4 is 50.3 Å². The summed E-state index contributed by atoms with van der Waals surface area (Å²) in [5.74, 6) is -1.04. The summed E-state index contributed by atoms with van der Waals surface area (Å²) in [5.41, 5.74) is 0.491. The van der Waals surface area contributed by atoms with Gasteiger partial charge in [-0.05, 0) is 126 Å². The van der Waals surface area contributed by atoms with Gasteiger partial charge in [0, 0.05) is 29.8 Å². The van der Waals surface area contributed by atoms with Gasteiger partial charge in [-0.25, -0.2) is 14.8 Å². The minimum absolute atomic E-state index is 0.0429. The molecule has 2 aromatic heterocycles. The minimum atomic E-state index is -4.83. The number of halogens is 3. The van der Waals surface area contributed by atoms with E-state index in [4.69, 9.17) is 19.2 Å². The number of para-hydroxylation sites is 1. The molecule has 322 valence electrons. The molecule has 11 nitrogen and oxygen atoms in total. The summed E-state index contributed by atoms with van der Waals surface area (Å²) >= 11 is 1.38. The standard InChI is InChI=1S/C46H50F3N5O6S/c1-5-58-39(55)28-53-23-20-29(21-24-53)11-10-26-59-36-16-9-13-31(40(36)46(47,48)49)32-18-19-38(51-41(32)43(57)60-45(2,3)4)54-25-22-30-12-8-14-33(34(30)27-54)42(56)52-44-50-35-15-6-7-17-37(35)61-44/h6-9,12-19,29H,5,10-11,20-28H2,1-4H3,(H,50,52,56). The molecule has 0 bridgehead atoms. The van der Waals surface area contributed by atoms with Crippen molar-refractivity contribution in [3.05, 3.63) is 101 Å². The van der Waals surface area contributed by atoms with Gasteiger partial charge in [-0.1, -0.05) is 47.7 Å². The number of esters is 2. The number of likely N-dealkylation sites (tertiary alicyclic amines) is 1. The third-order valence-electron chi connectivity index (χ3n) is 10.8. The zero-order valence-corrected chi connectivity index (χ0v) is 35.6. The van der Waals surface area contributed by atoms with Crippen molar-refractivity contribution in [1.82, 2.24) is 14.9 Å². The fourth-order valence-electron chi connectivity index (χ4n) is 7.95. The number of ether oxygens (including phenoxy) is 3. The Balaban J connectivity index is 1.11. The number of anilines is 2. The molecule has 4 heterocycles. The summed E-state index contributed by atoms with van der Waals surface area (Å²) in [4.78, 5) is 52.7. The zero-order chi connectivity index (χ0) is 43.3. The fourth-order valence-corrected chi connectivity index (χ4v) is 8.81. The van der Waals surface area contributed by atoms with Crippen LogP contribution < -0.4 is 15.0 Å². The number of hydrogen-bond donors (Lipinski definition) is 1. The maximum atomic E-state index is 15.1. The lowest BCUT2D eigenvalue weighted by atomic mass is 9.92. The molecule has 0 atom stereocenters. The summed E-state index contributed by atoms with van der Waals surface area (Å²) in [6.07, 6.45) is -1.18. The van der Waals surface area contributed by atoms with Crippen LogP contribution in [0.25, 0.3) is 21.3 Å². The van der Waals surface area contributed by atoms with Crippen LogP contribution in [-0.2, 0) is 33.4 Å². The normalized spacial score (nSPS) is 15.0. The molecule has 15 heteroatoms. The van der Waals surface area contributed by atoms with Crippen molar-refractivity contribution < 1.29 is 41.8 Å². The summed E-state index contributed by atoms with van der Waals surface area (Å²) in [6, 6.07) is 20.4.